The standard InChI is InChI=1S/C28H29F4N9O/c1-39-9-16(10-39)11-42-22-5-17(7-33-25(22)41-14-27(15-41)12-28(31,32)13-27)24-36-26(40(2)38-24)35-18-3-4-19(21(29)6-18)20-8-34-37-23(20)30/h3-8,16H,9-15H2,1-2H3,(H,34,37)(H,35,36,38). The molecule has 1 saturated carbocycles. The molecule has 3 fully saturated rings. The Balaban J connectivity index is 1.10. The molecule has 0 radical (unpaired) electrons. The van der Waals surface area contributed by atoms with Crippen LogP contribution in [0.2, 0.25) is 0 Å². The quantitative estimate of drug-likeness (QED) is 0.294. The number of ether oxygens (including phenoxy) is 1. The van der Waals surface area contributed by atoms with Crippen molar-refractivity contribution in [3.05, 3.63) is 48.4 Å². The smallest absolute Gasteiger partial charge is 0.249 e. The van der Waals surface area contributed by atoms with Gasteiger partial charge < -0.3 is 19.9 Å². The van der Waals surface area contributed by atoms with E-state index in [1.807, 2.05) is 11.0 Å². The maximum Gasteiger partial charge on any atom is 0.249 e. The van der Waals surface area contributed by atoms with Gasteiger partial charge in [0.25, 0.3) is 0 Å². The molecule has 0 amide bonds. The van der Waals surface area contributed by atoms with Gasteiger partial charge in [-0.1, -0.05) is 0 Å². The number of aromatic nitrogens is 6. The number of alkyl halides is 2. The molecule has 2 N–H and O–H groups in total. The summed E-state index contributed by atoms with van der Waals surface area (Å²) in [5, 5.41) is 13.3. The lowest BCUT2D eigenvalue weighted by Crippen LogP contribution is -2.66. The molecule has 1 aliphatic carbocycles. The summed E-state index contributed by atoms with van der Waals surface area (Å²) < 4.78 is 63.5. The van der Waals surface area contributed by atoms with Crippen molar-refractivity contribution in [2.45, 2.75) is 18.8 Å². The molecule has 42 heavy (non-hydrogen) atoms. The second-order valence-electron chi connectivity index (χ2n) is 11.8. The Morgan fingerprint density at radius 2 is 1.86 bits per heavy atom. The SMILES string of the molecule is CN1CC(COc2cc(-c3nc(Nc4ccc(-c5cn[nH]c5F)c(F)c4)n(C)n3)cnc2N2CC3(C2)CC(F)(F)C3)C1. The van der Waals surface area contributed by atoms with Crippen molar-refractivity contribution in [2.24, 2.45) is 18.4 Å². The fourth-order valence-corrected chi connectivity index (χ4v) is 6.24. The van der Waals surface area contributed by atoms with E-state index in [-0.39, 0.29) is 29.4 Å². The highest BCUT2D eigenvalue weighted by Gasteiger charge is 2.62. The number of rotatable bonds is 8. The van der Waals surface area contributed by atoms with Gasteiger partial charge in [0.05, 0.1) is 18.4 Å². The maximum absolute atomic E-state index is 14.8. The molecule has 7 rings (SSSR count). The van der Waals surface area contributed by atoms with Crippen LogP contribution in [0.5, 0.6) is 5.75 Å². The molecule has 0 bridgehead atoms. The highest BCUT2D eigenvalue weighted by atomic mass is 19.3. The maximum atomic E-state index is 14.8. The van der Waals surface area contributed by atoms with Gasteiger partial charge in [-0.3, -0.25) is 5.10 Å². The second kappa shape index (κ2) is 9.68. The largest absolute Gasteiger partial charge is 0.489 e. The van der Waals surface area contributed by atoms with Crippen LogP contribution in [0.4, 0.5) is 35.0 Å². The Kier molecular flexibility index (Phi) is 6.15. The molecule has 1 aromatic carbocycles. The molecule has 10 nitrogen and oxygen atoms in total. The van der Waals surface area contributed by atoms with E-state index in [1.54, 1.807) is 19.3 Å². The van der Waals surface area contributed by atoms with E-state index in [4.69, 9.17) is 4.74 Å². The number of hydrogen-bond acceptors (Lipinski definition) is 8. The molecule has 220 valence electrons. The van der Waals surface area contributed by atoms with E-state index < -0.39 is 17.7 Å². The zero-order valence-corrected chi connectivity index (χ0v) is 23.0. The van der Waals surface area contributed by atoms with E-state index in [1.165, 1.54) is 23.0 Å². The number of aryl methyl sites for hydroxylation is 1. The summed E-state index contributed by atoms with van der Waals surface area (Å²) >= 11 is 0. The number of benzene rings is 1. The fraction of sp³-hybridized carbons (Fsp3) is 0.429. The number of nitrogens with zero attached hydrogens (tertiary/aromatic N) is 7. The van der Waals surface area contributed by atoms with Gasteiger partial charge in [0.1, 0.15) is 5.82 Å². The number of likely N-dealkylation sites (tertiary alicyclic amines) is 1. The van der Waals surface area contributed by atoms with E-state index in [2.05, 4.69) is 42.5 Å². The van der Waals surface area contributed by atoms with Gasteiger partial charge in [0, 0.05) is 80.4 Å². The van der Waals surface area contributed by atoms with Crippen molar-refractivity contribution in [3.8, 4) is 28.3 Å². The van der Waals surface area contributed by atoms with Crippen molar-refractivity contribution in [3.63, 3.8) is 0 Å². The van der Waals surface area contributed by atoms with Crippen molar-refractivity contribution < 1.29 is 22.3 Å². The summed E-state index contributed by atoms with van der Waals surface area (Å²) in [4.78, 5) is 13.4. The molecule has 0 unspecified atom stereocenters. The summed E-state index contributed by atoms with van der Waals surface area (Å²) in [6, 6.07) is 6.14. The van der Waals surface area contributed by atoms with Crippen molar-refractivity contribution >= 4 is 17.5 Å². The highest BCUT2D eigenvalue weighted by Crippen LogP contribution is 2.57. The van der Waals surface area contributed by atoms with Crippen LogP contribution in [-0.2, 0) is 7.05 Å². The molecule has 2 saturated heterocycles. The summed E-state index contributed by atoms with van der Waals surface area (Å²) in [6.07, 6.45) is 2.70. The van der Waals surface area contributed by atoms with E-state index >= 15 is 0 Å². The average Bonchev–Trinajstić information content (AvgIpc) is 3.48. The van der Waals surface area contributed by atoms with Crippen molar-refractivity contribution in [1.82, 2.24) is 34.8 Å². The first-order valence-electron chi connectivity index (χ1n) is 13.7. The summed E-state index contributed by atoms with van der Waals surface area (Å²) in [7, 11) is 3.75. The lowest BCUT2D eigenvalue weighted by molar-refractivity contribution is -0.170. The molecule has 14 heteroatoms. The highest BCUT2D eigenvalue weighted by molar-refractivity contribution is 5.69. The number of anilines is 3. The average molecular weight is 584 g/mol. The predicted molar refractivity (Wildman–Crippen MR) is 147 cm³/mol. The topological polar surface area (TPSA) is 100 Å². The van der Waals surface area contributed by atoms with Gasteiger partial charge in [0.2, 0.25) is 17.8 Å². The normalized spacial score (nSPS) is 19.3. The Morgan fingerprint density at radius 3 is 2.52 bits per heavy atom. The third-order valence-electron chi connectivity index (χ3n) is 8.20. The molecule has 1 spiro atoms. The number of aromatic amines is 1. The van der Waals surface area contributed by atoms with Gasteiger partial charge in [-0.2, -0.15) is 14.5 Å². The van der Waals surface area contributed by atoms with Gasteiger partial charge in [-0.25, -0.2) is 22.8 Å². The van der Waals surface area contributed by atoms with Gasteiger partial charge in [-0.15, -0.1) is 5.10 Å². The van der Waals surface area contributed by atoms with Crippen LogP contribution >= 0.6 is 0 Å². The Hall–Kier alpha value is -4.20. The first-order chi connectivity index (χ1) is 20.1. The molecule has 4 aromatic rings. The van der Waals surface area contributed by atoms with E-state index in [0.717, 1.165) is 13.1 Å². The Bertz CT molecular complexity index is 1630. The van der Waals surface area contributed by atoms with Crippen molar-refractivity contribution in [1.29, 1.82) is 0 Å². The Morgan fingerprint density at radius 1 is 1.07 bits per heavy atom. The van der Waals surface area contributed by atoms with Crippen LogP contribution in [-0.4, -0.2) is 80.6 Å². The van der Waals surface area contributed by atoms with Crippen molar-refractivity contribution in [2.75, 3.05) is 50.1 Å². The van der Waals surface area contributed by atoms with E-state index in [9.17, 15) is 17.6 Å². The number of pyridine rings is 1. The molecule has 2 aliphatic heterocycles. The van der Waals surface area contributed by atoms with Crippen LogP contribution in [0.25, 0.3) is 22.5 Å². The number of nitrogens with one attached hydrogen (secondary N) is 2. The zero-order chi connectivity index (χ0) is 29.2. The van der Waals surface area contributed by atoms with Gasteiger partial charge in [-0.05, 0) is 31.3 Å². The predicted octanol–water partition coefficient (Wildman–Crippen LogP) is 4.46. The van der Waals surface area contributed by atoms with Crippen LogP contribution in [0.15, 0.2) is 36.7 Å². The van der Waals surface area contributed by atoms with E-state index in [0.29, 0.717) is 60.2 Å². The Labute approximate surface area is 238 Å². The zero-order valence-electron chi connectivity index (χ0n) is 23.0. The van der Waals surface area contributed by atoms with Crippen LogP contribution < -0.4 is 15.0 Å². The summed E-state index contributed by atoms with van der Waals surface area (Å²) in [6.45, 7) is 3.46. The van der Waals surface area contributed by atoms with Crippen LogP contribution in [0.1, 0.15) is 12.8 Å². The van der Waals surface area contributed by atoms with Crippen LogP contribution in [0.3, 0.4) is 0 Å². The molecule has 3 aliphatic rings. The number of H-pyrrole nitrogens is 1. The summed E-state index contributed by atoms with van der Waals surface area (Å²) in [5.41, 5.74) is 0.795. The van der Waals surface area contributed by atoms with Crippen LogP contribution in [0, 0.1) is 23.1 Å². The minimum absolute atomic E-state index is 0.0392. The first-order valence-corrected chi connectivity index (χ1v) is 13.7. The first kappa shape index (κ1) is 26.7. The monoisotopic (exact) mass is 583 g/mol. The molecule has 3 aromatic heterocycles. The molecular formula is C28H29F4N9O. The number of hydrogen-bond donors (Lipinski definition) is 2. The molecule has 0 atom stereocenters. The minimum Gasteiger partial charge on any atom is -0.489 e. The second-order valence-corrected chi connectivity index (χ2v) is 11.8. The molecule has 5 heterocycles. The fourth-order valence-electron chi connectivity index (χ4n) is 6.24. The van der Waals surface area contributed by atoms with Gasteiger partial charge >= 0.3 is 0 Å². The lowest BCUT2D eigenvalue weighted by Gasteiger charge is -2.59. The van der Waals surface area contributed by atoms with Gasteiger partial charge in [0.15, 0.2) is 17.4 Å². The number of halogens is 4. The molecular weight excluding hydrogens is 554 g/mol. The third kappa shape index (κ3) is 4.82. The minimum atomic E-state index is -2.57. The summed E-state index contributed by atoms with van der Waals surface area (Å²) in [5.74, 6) is -1.58. The lowest BCUT2D eigenvalue weighted by atomic mass is 9.61. The third-order valence-corrected chi connectivity index (χ3v) is 8.20.